The molecule has 5 heteroatoms. The Labute approximate surface area is 112 Å². The maximum atomic E-state index is 11.9. The van der Waals surface area contributed by atoms with Crippen molar-refractivity contribution in [2.75, 3.05) is 25.0 Å². The Morgan fingerprint density at radius 2 is 2.16 bits per heavy atom. The first-order valence-corrected chi connectivity index (χ1v) is 6.62. The van der Waals surface area contributed by atoms with E-state index in [2.05, 4.69) is 16.0 Å². The van der Waals surface area contributed by atoms with Gasteiger partial charge in [-0.1, -0.05) is 0 Å². The molecule has 0 bridgehead atoms. The standard InChI is InChI=1S/C14H19N3O2/c1-2-15-13(18)9-17-14(19)11-5-6-12-10(8-11)4-3-7-16-12/h5-6,8,16H,2-4,7,9H2,1H3,(H,15,18)(H,17,19). The van der Waals surface area contributed by atoms with Gasteiger partial charge in [0.25, 0.3) is 5.91 Å². The van der Waals surface area contributed by atoms with Crippen molar-refractivity contribution in [2.45, 2.75) is 19.8 Å². The fourth-order valence-corrected chi connectivity index (χ4v) is 2.14. The molecule has 1 aromatic rings. The number of fused-ring (bicyclic) bond motifs is 1. The topological polar surface area (TPSA) is 70.2 Å². The zero-order valence-electron chi connectivity index (χ0n) is 11.1. The largest absolute Gasteiger partial charge is 0.385 e. The summed E-state index contributed by atoms with van der Waals surface area (Å²) in [7, 11) is 0. The van der Waals surface area contributed by atoms with Crippen LogP contribution in [-0.4, -0.2) is 31.4 Å². The molecule has 0 atom stereocenters. The number of aryl methyl sites for hydroxylation is 1. The highest BCUT2D eigenvalue weighted by Crippen LogP contribution is 2.22. The van der Waals surface area contributed by atoms with E-state index in [-0.39, 0.29) is 18.4 Å². The smallest absolute Gasteiger partial charge is 0.251 e. The summed E-state index contributed by atoms with van der Waals surface area (Å²) in [6.45, 7) is 3.41. The van der Waals surface area contributed by atoms with Crippen LogP contribution in [0.1, 0.15) is 29.3 Å². The number of carbonyl (C=O) groups is 2. The number of likely N-dealkylation sites (N-methyl/N-ethyl adjacent to an activating group) is 1. The van der Waals surface area contributed by atoms with Crippen LogP contribution in [0, 0.1) is 0 Å². The van der Waals surface area contributed by atoms with Gasteiger partial charge in [0, 0.05) is 24.3 Å². The van der Waals surface area contributed by atoms with E-state index in [0.29, 0.717) is 12.1 Å². The Balaban J connectivity index is 1.97. The van der Waals surface area contributed by atoms with Gasteiger partial charge in [0.2, 0.25) is 5.91 Å². The molecule has 1 aromatic carbocycles. The Kier molecular flexibility index (Phi) is 4.39. The van der Waals surface area contributed by atoms with E-state index in [0.717, 1.165) is 30.6 Å². The quantitative estimate of drug-likeness (QED) is 0.754. The molecule has 3 N–H and O–H groups in total. The molecule has 1 heterocycles. The summed E-state index contributed by atoms with van der Waals surface area (Å²) in [6, 6.07) is 5.61. The molecule has 5 nitrogen and oxygen atoms in total. The van der Waals surface area contributed by atoms with Gasteiger partial charge in [-0.2, -0.15) is 0 Å². The lowest BCUT2D eigenvalue weighted by atomic mass is 10.0. The van der Waals surface area contributed by atoms with E-state index in [1.54, 1.807) is 6.07 Å². The number of amides is 2. The van der Waals surface area contributed by atoms with Crippen LogP contribution in [0.5, 0.6) is 0 Å². The summed E-state index contributed by atoms with van der Waals surface area (Å²) < 4.78 is 0. The van der Waals surface area contributed by atoms with Crippen molar-refractivity contribution in [3.05, 3.63) is 29.3 Å². The van der Waals surface area contributed by atoms with Crippen molar-refractivity contribution >= 4 is 17.5 Å². The molecule has 19 heavy (non-hydrogen) atoms. The first-order valence-electron chi connectivity index (χ1n) is 6.62. The molecule has 0 fully saturated rings. The van der Waals surface area contributed by atoms with Gasteiger partial charge in [-0.05, 0) is 43.5 Å². The van der Waals surface area contributed by atoms with Gasteiger partial charge in [0.05, 0.1) is 6.54 Å². The van der Waals surface area contributed by atoms with Crippen LogP contribution in [-0.2, 0) is 11.2 Å². The highest BCUT2D eigenvalue weighted by Gasteiger charge is 2.12. The number of rotatable bonds is 4. The van der Waals surface area contributed by atoms with Crippen molar-refractivity contribution in [1.29, 1.82) is 0 Å². The fraction of sp³-hybridized carbons (Fsp3) is 0.429. The molecule has 0 saturated carbocycles. The van der Waals surface area contributed by atoms with Gasteiger partial charge in [-0.3, -0.25) is 9.59 Å². The van der Waals surface area contributed by atoms with Gasteiger partial charge in [-0.15, -0.1) is 0 Å². The molecule has 1 aliphatic heterocycles. The fourth-order valence-electron chi connectivity index (χ4n) is 2.14. The van der Waals surface area contributed by atoms with Gasteiger partial charge in [0.15, 0.2) is 0 Å². The maximum Gasteiger partial charge on any atom is 0.251 e. The molecule has 2 amide bonds. The SMILES string of the molecule is CCNC(=O)CNC(=O)c1ccc2c(c1)CCCN2. The van der Waals surface area contributed by atoms with E-state index in [4.69, 9.17) is 0 Å². The van der Waals surface area contributed by atoms with Gasteiger partial charge < -0.3 is 16.0 Å². The number of benzene rings is 1. The van der Waals surface area contributed by atoms with Crippen molar-refractivity contribution in [3.8, 4) is 0 Å². The van der Waals surface area contributed by atoms with Crippen molar-refractivity contribution in [2.24, 2.45) is 0 Å². The van der Waals surface area contributed by atoms with Crippen LogP contribution >= 0.6 is 0 Å². The second-order valence-corrected chi connectivity index (χ2v) is 4.54. The van der Waals surface area contributed by atoms with Crippen LogP contribution < -0.4 is 16.0 Å². The van der Waals surface area contributed by atoms with Crippen LogP contribution in [0.2, 0.25) is 0 Å². The molecule has 0 aromatic heterocycles. The van der Waals surface area contributed by atoms with Crippen LogP contribution in [0.25, 0.3) is 0 Å². The van der Waals surface area contributed by atoms with Crippen molar-refractivity contribution in [3.63, 3.8) is 0 Å². The maximum absolute atomic E-state index is 11.9. The minimum absolute atomic E-state index is 0.0159. The summed E-state index contributed by atoms with van der Waals surface area (Å²) in [6.07, 6.45) is 2.07. The zero-order valence-corrected chi connectivity index (χ0v) is 11.1. The molecule has 0 aliphatic carbocycles. The number of carbonyl (C=O) groups excluding carboxylic acids is 2. The normalized spacial score (nSPS) is 13.1. The Bertz CT molecular complexity index is 486. The number of anilines is 1. The minimum Gasteiger partial charge on any atom is -0.385 e. The average molecular weight is 261 g/mol. The molecule has 0 radical (unpaired) electrons. The summed E-state index contributed by atoms with van der Waals surface area (Å²) in [5.41, 5.74) is 2.87. The van der Waals surface area contributed by atoms with Gasteiger partial charge >= 0.3 is 0 Å². The van der Waals surface area contributed by atoms with Crippen LogP contribution in [0.4, 0.5) is 5.69 Å². The third-order valence-electron chi connectivity index (χ3n) is 3.09. The third-order valence-corrected chi connectivity index (χ3v) is 3.09. The summed E-state index contributed by atoms with van der Waals surface area (Å²) in [4.78, 5) is 23.2. The average Bonchev–Trinajstić information content (AvgIpc) is 2.44. The molecule has 2 rings (SSSR count). The lowest BCUT2D eigenvalue weighted by molar-refractivity contribution is -0.120. The molecule has 102 valence electrons. The molecule has 0 saturated heterocycles. The Morgan fingerprint density at radius 1 is 1.32 bits per heavy atom. The molecular formula is C14H19N3O2. The number of hydrogen-bond acceptors (Lipinski definition) is 3. The number of nitrogens with one attached hydrogen (secondary N) is 3. The first kappa shape index (κ1) is 13.4. The highest BCUT2D eigenvalue weighted by molar-refractivity contribution is 5.97. The lowest BCUT2D eigenvalue weighted by Gasteiger charge is -2.18. The summed E-state index contributed by atoms with van der Waals surface area (Å²) in [5, 5.41) is 8.56. The third kappa shape index (κ3) is 3.47. The van der Waals surface area contributed by atoms with Gasteiger partial charge in [-0.25, -0.2) is 0 Å². The Morgan fingerprint density at radius 3 is 2.95 bits per heavy atom. The number of hydrogen-bond donors (Lipinski definition) is 3. The van der Waals surface area contributed by atoms with Crippen molar-refractivity contribution < 1.29 is 9.59 Å². The minimum atomic E-state index is -0.209. The Hall–Kier alpha value is -2.04. The predicted molar refractivity (Wildman–Crippen MR) is 74.3 cm³/mol. The molecular weight excluding hydrogens is 242 g/mol. The van der Waals surface area contributed by atoms with Crippen LogP contribution in [0.3, 0.4) is 0 Å². The molecule has 0 spiro atoms. The van der Waals surface area contributed by atoms with Crippen LogP contribution in [0.15, 0.2) is 18.2 Å². The molecule has 0 unspecified atom stereocenters. The highest BCUT2D eigenvalue weighted by atomic mass is 16.2. The second-order valence-electron chi connectivity index (χ2n) is 4.54. The van der Waals surface area contributed by atoms with Gasteiger partial charge in [0.1, 0.15) is 0 Å². The first-order chi connectivity index (χ1) is 9.20. The monoisotopic (exact) mass is 261 g/mol. The van der Waals surface area contributed by atoms with E-state index < -0.39 is 0 Å². The molecule has 1 aliphatic rings. The van der Waals surface area contributed by atoms with Crippen molar-refractivity contribution in [1.82, 2.24) is 10.6 Å². The van der Waals surface area contributed by atoms with E-state index in [9.17, 15) is 9.59 Å². The van der Waals surface area contributed by atoms with E-state index >= 15 is 0 Å². The summed E-state index contributed by atoms with van der Waals surface area (Å²) in [5.74, 6) is -0.380. The second kappa shape index (κ2) is 6.22. The summed E-state index contributed by atoms with van der Waals surface area (Å²) >= 11 is 0. The predicted octanol–water partition coefficient (Wildman–Crippen LogP) is 0.911. The van der Waals surface area contributed by atoms with E-state index in [1.165, 1.54) is 0 Å². The zero-order chi connectivity index (χ0) is 13.7. The lowest BCUT2D eigenvalue weighted by Crippen LogP contribution is -2.36. The van der Waals surface area contributed by atoms with E-state index in [1.807, 2.05) is 19.1 Å².